The van der Waals surface area contributed by atoms with Gasteiger partial charge >= 0.3 is 6.09 Å². The Balaban J connectivity index is 1.37. The summed E-state index contributed by atoms with van der Waals surface area (Å²) in [6.45, 7) is 3.52. The molecule has 0 bridgehead atoms. The van der Waals surface area contributed by atoms with E-state index in [1.165, 1.54) is 17.3 Å². The number of pyridine rings is 1. The maximum absolute atomic E-state index is 12.8. The van der Waals surface area contributed by atoms with Crippen LogP contribution < -0.4 is 21.1 Å². The quantitative estimate of drug-likeness (QED) is 0.238. The maximum atomic E-state index is 12.8. The zero-order valence-corrected chi connectivity index (χ0v) is 22.4. The second-order valence-electron chi connectivity index (χ2n) is 8.88. The van der Waals surface area contributed by atoms with E-state index in [1.54, 1.807) is 68.1 Å². The lowest BCUT2D eigenvalue weighted by molar-refractivity contribution is 0.102. The SMILES string of the molecule is CN(Cc1ccc(C(=O)Nc2cc(-c3cccs3)ccc2N)cc1)C(=O)Oc1cncc(P(C)(C)=O)c1. The molecular formula is C27H27N4O4PS. The van der Waals surface area contributed by atoms with E-state index in [0.29, 0.717) is 22.2 Å². The third-order valence-corrected chi connectivity index (χ3v) is 7.99. The Labute approximate surface area is 219 Å². The second-order valence-corrected chi connectivity index (χ2v) is 13.0. The Morgan fingerprint density at radius 1 is 1.08 bits per heavy atom. The molecule has 2 aromatic carbocycles. The topological polar surface area (TPSA) is 115 Å². The molecule has 0 saturated heterocycles. The summed E-state index contributed by atoms with van der Waals surface area (Å²) in [5.74, 6) is -0.0569. The number of aromatic nitrogens is 1. The summed E-state index contributed by atoms with van der Waals surface area (Å²) in [6, 6.07) is 18.0. The van der Waals surface area contributed by atoms with Crippen molar-refractivity contribution in [1.29, 1.82) is 0 Å². The van der Waals surface area contributed by atoms with E-state index in [2.05, 4.69) is 10.3 Å². The van der Waals surface area contributed by atoms with E-state index in [-0.39, 0.29) is 18.2 Å². The van der Waals surface area contributed by atoms with E-state index in [4.69, 9.17) is 10.5 Å². The number of carbonyl (C=O) groups is 2. The number of nitrogens with two attached hydrogens (primary N) is 1. The summed E-state index contributed by atoms with van der Waals surface area (Å²) in [5, 5.41) is 5.41. The third-order valence-electron chi connectivity index (χ3n) is 5.58. The van der Waals surface area contributed by atoms with Gasteiger partial charge in [0, 0.05) is 35.5 Å². The van der Waals surface area contributed by atoms with Gasteiger partial charge in [0.1, 0.15) is 7.14 Å². The first-order valence-corrected chi connectivity index (χ1v) is 14.9. The fourth-order valence-corrected chi connectivity index (χ4v) is 5.00. The number of benzene rings is 2. The van der Waals surface area contributed by atoms with Gasteiger partial charge in [-0.1, -0.05) is 24.3 Å². The van der Waals surface area contributed by atoms with Crippen molar-refractivity contribution in [2.45, 2.75) is 6.54 Å². The number of nitrogens with zero attached hydrogens (tertiary/aromatic N) is 2. The molecule has 2 heterocycles. The maximum Gasteiger partial charge on any atom is 0.415 e. The first kappa shape index (κ1) is 26.1. The smallest absolute Gasteiger partial charge is 0.409 e. The van der Waals surface area contributed by atoms with Crippen molar-refractivity contribution in [1.82, 2.24) is 9.88 Å². The molecule has 0 aliphatic rings. The van der Waals surface area contributed by atoms with Crippen LogP contribution >= 0.6 is 18.5 Å². The number of carbonyl (C=O) groups excluding carboxylic acids is 2. The van der Waals surface area contributed by atoms with Crippen molar-refractivity contribution in [3.8, 4) is 16.2 Å². The van der Waals surface area contributed by atoms with Crippen molar-refractivity contribution < 1.29 is 18.9 Å². The molecule has 2 aromatic heterocycles. The van der Waals surface area contributed by atoms with Crippen LogP contribution in [0.15, 0.2) is 78.4 Å². The number of thiophene rings is 1. The molecule has 0 fully saturated rings. The Morgan fingerprint density at radius 2 is 1.84 bits per heavy atom. The van der Waals surface area contributed by atoms with Crippen molar-refractivity contribution >= 4 is 47.2 Å². The lowest BCUT2D eigenvalue weighted by atomic mass is 10.1. The number of nitrogen functional groups attached to an aromatic ring is 1. The summed E-state index contributed by atoms with van der Waals surface area (Å²) >= 11 is 1.61. The standard InChI is InChI=1S/C27H27N4O4PS/c1-31(27(33)35-21-14-22(16-29-15-21)36(2,3)34)17-18-6-8-19(9-7-18)26(32)30-24-13-20(10-11-23(24)28)25-5-4-12-37-25/h4-16H,17,28H2,1-3H3,(H,30,32). The molecule has 8 nitrogen and oxygen atoms in total. The summed E-state index contributed by atoms with van der Waals surface area (Å²) < 4.78 is 17.7. The fraction of sp³-hybridized carbons (Fsp3) is 0.148. The lowest BCUT2D eigenvalue weighted by Gasteiger charge is -2.17. The highest BCUT2D eigenvalue weighted by Crippen LogP contribution is 2.35. The molecule has 0 atom stereocenters. The van der Waals surface area contributed by atoms with Gasteiger partial charge in [0.05, 0.1) is 17.6 Å². The molecule has 4 aromatic rings. The first-order chi connectivity index (χ1) is 17.6. The van der Waals surface area contributed by atoms with E-state index in [1.807, 2.05) is 29.6 Å². The number of hydrogen-bond acceptors (Lipinski definition) is 7. The molecule has 190 valence electrons. The van der Waals surface area contributed by atoms with E-state index >= 15 is 0 Å². The molecule has 0 saturated carbocycles. The molecule has 37 heavy (non-hydrogen) atoms. The van der Waals surface area contributed by atoms with Crippen LogP contribution in [-0.2, 0) is 11.1 Å². The van der Waals surface area contributed by atoms with E-state index in [9.17, 15) is 14.2 Å². The molecule has 3 N–H and O–H groups in total. The summed E-state index contributed by atoms with van der Waals surface area (Å²) in [5.41, 5.74) is 9.36. The molecule has 0 aliphatic carbocycles. The van der Waals surface area contributed by atoms with Gasteiger partial charge in [0.15, 0.2) is 5.75 Å². The highest BCUT2D eigenvalue weighted by Gasteiger charge is 2.17. The van der Waals surface area contributed by atoms with Gasteiger partial charge in [-0.05, 0) is 66.2 Å². The predicted octanol–water partition coefficient (Wildman–Crippen LogP) is 5.52. The molecule has 0 radical (unpaired) electrons. The van der Waals surface area contributed by atoms with Crippen molar-refractivity contribution in [3.05, 3.63) is 89.6 Å². The molecule has 4 rings (SSSR count). The van der Waals surface area contributed by atoms with Crippen LogP contribution in [0.25, 0.3) is 10.4 Å². The van der Waals surface area contributed by atoms with Crippen LogP contribution in [0, 0.1) is 0 Å². The van der Waals surface area contributed by atoms with Crippen LogP contribution in [0.1, 0.15) is 15.9 Å². The lowest BCUT2D eigenvalue weighted by Crippen LogP contribution is -2.29. The zero-order chi connectivity index (χ0) is 26.6. The van der Waals surface area contributed by atoms with E-state index < -0.39 is 13.2 Å². The fourth-order valence-electron chi connectivity index (χ4n) is 3.49. The van der Waals surface area contributed by atoms with Crippen molar-refractivity contribution in [2.75, 3.05) is 31.4 Å². The van der Waals surface area contributed by atoms with Gasteiger partial charge in [-0.25, -0.2) is 4.79 Å². The molecule has 0 aliphatic heterocycles. The molecule has 0 spiro atoms. The van der Waals surface area contributed by atoms with Crippen molar-refractivity contribution in [3.63, 3.8) is 0 Å². The minimum absolute atomic E-state index is 0.229. The average Bonchev–Trinajstić information content (AvgIpc) is 3.40. The minimum atomic E-state index is -2.53. The Morgan fingerprint density at radius 3 is 2.51 bits per heavy atom. The predicted molar refractivity (Wildman–Crippen MR) is 149 cm³/mol. The third kappa shape index (κ3) is 6.64. The van der Waals surface area contributed by atoms with Crippen LogP contribution in [0.2, 0.25) is 0 Å². The number of ether oxygens (including phenoxy) is 1. The van der Waals surface area contributed by atoms with E-state index in [0.717, 1.165) is 16.0 Å². The van der Waals surface area contributed by atoms with Crippen molar-refractivity contribution in [2.24, 2.45) is 0 Å². The first-order valence-electron chi connectivity index (χ1n) is 11.4. The van der Waals surface area contributed by atoms with Gasteiger partial charge in [0.2, 0.25) is 0 Å². The highest BCUT2D eigenvalue weighted by molar-refractivity contribution is 7.70. The van der Waals surface area contributed by atoms with Gasteiger partial charge in [-0.15, -0.1) is 11.3 Å². The average molecular weight is 535 g/mol. The number of rotatable bonds is 7. The molecular weight excluding hydrogens is 507 g/mol. The monoisotopic (exact) mass is 534 g/mol. The number of hydrogen-bond donors (Lipinski definition) is 2. The zero-order valence-electron chi connectivity index (χ0n) is 20.7. The summed E-state index contributed by atoms with van der Waals surface area (Å²) in [6.07, 6.45) is 2.33. The normalized spacial score (nSPS) is 11.1. The van der Waals surface area contributed by atoms with Gasteiger partial charge < -0.3 is 25.3 Å². The largest absolute Gasteiger partial charge is 0.415 e. The van der Waals surface area contributed by atoms with Crippen LogP contribution in [0.4, 0.5) is 16.2 Å². The van der Waals surface area contributed by atoms with Crippen LogP contribution in [-0.4, -0.2) is 42.3 Å². The number of amides is 2. The van der Waals surface area contributed by atoms with Gasteiger partial charge in [-0.2, -0.15) is 0 Å². The molecule has 0 unspecified atom stereocenters. The summed E-state index contributed by atoms with van der Waals surface area (Å²) in [7, 11) is -0.921. The molecule has 2 amide bonds. The number of anilines is 2. The Bertz CT molecular complexity index is 1470. The van der Waals surface area contributed by atoms with Crippen LogP contribution in [0.3, 0.4) is 0 Å². The number of nitrogens with one attached hydrogen (secondary N) is 1. The second kappa shape index (κ2) is 11.0. The van der Waals surface area contributed by atoms with Crippen LogP contribution in [0.5, 0.6) is 5.75 Å². The van der Waals surface area contributed by atoms with Gasteiger partial charge in [0.25, 0.3) is 5.91 Å². The molecule has 10 heteroatoms. The summed E-state index contributed by atoms with van der Waals surface area (Å²) in [4.78, 5) is 31.9. The Hall–Kier alpha value is -3.94. The van der Waals surface area contributed by atoms with Gasteiger partial charge in [-0.3, -0.25) is 9.78 Å². The Kier molecular flexibility index (Phi) is 7.76. The highest BCUT2D eigenvalue weighted by atomic mass is 32.1. The minimum Gasteiger partial charge on any atom is -0.409 e.